The average molecular weight is 278 g/mol. The molecule has 0 bridgehead atoms. The van der Waals surface area contributed by atoms with Crippen molar-refractivity contribution in [1.29, 1.82) is 0 Å². The number of carbonyl (C=O) groups is 2. The molecule has 1 amide bonds. The monoisotopic (exact) mass is 278 g/mol. The third kappa shape index (κ3) is 3.31. The highest BCUT2D eigenvalue weighted by Gasteiger charge is 2.37. The van der Waals surface area contributed by atoms with Crippen LogP contribution in [0.15, 0.2) is 24.3 Å². The topological polar surface area (TPSA) is 110 Å². The number of hydrogen-bond donors (Lipinski definition) is 2. The van der Waals surface area contributed by atoms with Crippen LogP contribution >= 0.6 is 0 Å². The summed E-state index contributed by atoms with van der Waals surface area (Å²) in [7, 11) is 0. The van der Waals surface area contributed by atoms with Crippen molar-refractivity contribution in [3.63, 3.8) is 0 Å². The molecule has 0 aromatic heterocycles. The van der Waals surface area contributed by atoms with E-state index < -0.39 is 22.8 Å². The van der Waals surface area contributed by atoms with Crippen molar-refractivity contribution in [3.8, 4) is 0 Å². The van der Waals surface area contributed by atoms with Gasteiger partial charge in [0, 0.05) is 11.6 Å². The largest absolute Gasteiger partial charge is 0.480 e. The molecule has 7 heteroatoms. The van der Waals surface area contributed by atoms with Crippen molar-refractivity contribution in [2.24, 2.45) is 5.92 Å². The first-order valence-electron chi connectivity index (χ1n) is 6.23. The van der Waals surface area contributed by atoms with Gasteiger partial charge in [-0.3, -0.25) is 14.9 Å². The van der Waals surface area contributed by atoms with Crippen LogP contribution < -0.4 is 5.32 Å². The van der Waals surface area contributed by atoms with Crippen molar-refractivity contribution < 1.29 is 19.6 Å². The van der Waals surface area contributed by atoms with Crippen molar-refractivity contribution in [2.45, 2.75) is 25.3 Å². The quantitative estimate of drug-likeness (QED) is 0.598. The van der Waals surface area contributed by atoms with Gasteiger partial charge in [-0.05, 0) is 18.8 Å². The lowest BCUT2D eigenvalue weighted by Crippen LogP contribution is -2.43. The van der Waals surface area contributed by atoms with Crippen LogP contribution in [0.5, 0.6) is 0 Å². The van der Waals surface area contributed by atoms with Crippen LogP contribution in [0.25, 0.3) is 0 Å². The normalized spacial score (nSPS) is 15.4. The van der Waals surface area contributed by atoms with Crippen molar-refractivity contribution >= 4 is 17.6 Å². The van der Waals surface area contributed by atoms with Crippen LogP contribution in [0.1, 0.15) is 18.4 Å². The molecule has 1 aromatic rings. The zero-order chi connectivity index (χ0) is 14.7. The third-order valence-electron chi connectivity index (χ3n) is 3.22. The number of aliphatic carboxylic acids is 1. The number of rotatable bonds is 6. The highest BCUT2D eigenvalue weighted by molar-refractivity contribution is 5.85. The lowest BCUT2D eigenvalue weighted by Gasteiger charge is -2.13. The predicted octanol–water partition coefficient (Wildman–Crippen LogP) is 1.12. The van der Waals surface area contributed by atoms with Crippen LogP contribution in [0.3, 0.4) is 0 Å². The third-order valence-corrected chi connectivity index (χ3v) is 3.22. The Hall–Kier alpha value is -2.44. The summed E-state index contributed by atoms with van der Waals surface area (Å²) in [4.78, 5) is 33.1. The molecule has 1 fully saturated rings. The van der Waals surface area contributed by atoms with E-state index in [-0.39, 0.29) is 23.6 Å². The summed E-state index contributed by atoms with van der Waals surface area (Å²) in [6.45, 7) is 0. The van der Waals surface area contributed by atoms with E-state index in [0.29, 0.717) is 0 Å². The number of nitro groups is 1. The van der Waals surface area contributed by atoms with E-state index in [2.05, 4.69) is 5.32 Å². The van der Waals surface area contributed by atoms with Crippen LogP contribution in [-0.2, 0) is 16.0 Å². The van der Waals surface area contributed by atoms with Crippen LogP contribution in [0.4, 0.5) is 5.69 Å². The zero-order valence-corrected chi connectivity index (χ0v) is 10.6. The first kappa shape index (κ1) is 14.0. The summed E-state index contributed by atoms with van der Waals surface area (Å²) in [5, 5.41) is 22.3. The number of nitrogens with zero attached hydrogens (tertiary/aromatic N) is 1. The molecule has 2 rings (SSSR count). The van der Waals surface area contributed by atoms with E-state index in [9.17, 15) is 19.7 Å². The Morgan fingerprint density at radius 3 is 2.60 bits per heavy atom. The fraction of sp³-hybridized carbons (Fsp3) is 0.385. The summed E-state index contributed by atoms with van der Waals surface area (Å²) in [6, 6.07) is 5.03. The van der Waals surface area contributed by atoms with Crippen LogP contribution in [0, 0.1) is 16.0 Å². The van der Waals surface area contributed by atoms with E-state index in [4.69, 9.17) is 5.11 Å². The zero-order valence-electron chi connectivity index (χ0n) is 10.6. The summed E-state index contributed by atoms with van der Waals surface area (Å²) in [6.07, 6.45) is 1.36. The number of carboxylic acid groups (broad SMARTS) is 1. The Bertz CT molecular complexity index is 553. The van der Waals surface area contributed by atoms with Crippen LogP contribution in [0.2, 0.25) is 0 Å². The lowest BCUT2D eigenvalue weighted by atomic mass is 10.1. The van der Waals surface area contributed by atoms with E-state index in [1.807, 2.05) is 0 Å². The van der Waals surface area contributed by atoms with Crippen molar-refractivity contribution in [3.05, 3.63) is 39.9 Å². The van der Waals surface area contributed by atoms with Gasteiger partial charge in [-0.15, -0.1) is 0 Å². The molecule has 1 aromatic carbocycles. The number of para-hydroxylation sites is 1. The standard InChI is InChI=1S/C13H14N2O5/c16-11(14-12(13(17)18)8-5-6-8)7-9-3-1-2-4-10(9)15(19)20/h1-4,8,12H,5-7H2,(H,14,16)(H,17,18). The molecule has 0 radical (unpaired) electrons. The molecule has 2 N–H and O–H groups in total. The number of amides is 1. The Kier molecular flexibility index (Phi) is 3.97. The summed E-state index contributed by atoms with van der Waals surface area (Å²) in [5.74, 6) is -1.61. The second kappa shape index (κ2) is 5.68. The average Bonchev–Trinajstić information content (AvgIpc) is 3.20. The molecule has 1 unspecified atom stereocenters. The van der Waals surface area contributed by atoms with E-state index in [1.165, 1.54) is 18.2 Å². The van der Waals surface area contributed by atoms with Crippen molar-refractivity contribution in [2.75, 3.05) is 0 Å². The van der Waals surface area contributed by atoms with Gasteiger partial charge in [-0.1, -0.05) is 18.2 Å². The Balaban J connectivity index is 2.04. The molecule has 0 saturated heterocycles. The van der Waals surface area contributed by atoms with Gasteiger partial charge >= 0.3 is 5.97 Å². The van der Waals surface area contributed by atoms with Gasteiger partial charge in [0.25, 0.3) is 5.69 Å². The van der Waals surface area contributed by atoms with E-state index >= 15 is 0 Å². The molecule has 1 atom stereocenters. The van der Waals surface area contributed by atoms with E-state index in [0.717, 1.165) is 12.8 Å². The number of nitrogens with one attached hydrogen (secondary N) is 1. The maximum absolute atomic E-state index is 11.8. The van der Waals surface area contributed by atoms with Gasteiger partial charge in [-0.2, -0.15) is 0 Å². The molecular weight excluding hydrogens is 264 g/mol. The molecule has 1 aliphatic carbocycles. The van der Waals surface area contributed by atoms with Gasteiger partial charge in [-0.25, -0.2) is 4.79 Å². The van der Waals surface area contributed by atoms with Crippen molar-refractivity contribution in [1.82, 2.24) is 5.32 Å². The molecule has 0 aliphatic heterocycles. The van der Waals surface area contributed by atoms with Gasteiger partial charge in [0.1, 0.15) is 6.04 Å². The fourth-order valence-corrected chi connectivity index (χ4v) is 2.05. The fourth-order valence-electron chi connectivity index (χ4n) is 2.05. The first-order chi connectivity index (χ1) is 9.49. The molecule has 1 aliphatic rings. The number of hydrogen-bond acceptors (Lipinski definition) is 4. The minimum Gasteiger partial charge on any atom is -0.480 e. The number of carboxylic acids is 1. The lowest BCUT2D eigenvalue weighted by molar-refractivity contribution is -0.385. The maximum atomic E-state index is 11.8. The Morgan fingerprint density at radius 2 is 2.05 bits per heavy atom. The van der Waals surface area contributed by atoms with Gasteiger partial charge < -0.3 is 10.4 Å². The highest BCUT2D eigenvalue weighted by Crippen LogP contribution is 2.32. The van der Waals surface area contributed by atoms with Gasteiger partial charge in [0.15, 0.2) is 0 Å². The first-order valence-corrected chi connectivity index (χ1v) is 6.23. The number of carbonyl (C=O) groups excluding carboxylic acids is 1. The Labute approximate surface area is 114 Å². The highest BCUT2D eigenvalue weighted by atomic mass is 16.6. The second-order valence-corrected chi connectivity index (χ2v) is 4.78. The molecule has 106 valence electrons. The number of nitro benzene ring substituents is 1. The molecule has 1 saturated carbocycles. The summed E-state index contributed by atoms with van der Waals surface area (Å²) in [5.41, 5.74) is 0.135. The SMILES string of the molecule is O=C(Cc1ccccc1[N+](=O)[O-])NC(C(=O)O)C1CC1. The molecule has 0 spiro atoms. The smallest absolute Gasteiger partial charge is 0.326 e. The molecule has 7 nitrogen and oxygen atoms in total. The Morgan fingerprint density at radius 1 is 1.40 bits per heavy atom. The molecular formula is C13H14N2O5. The molecule has 20 heavy (non-hydrogen) atoms. The van der Waals surface area contributed by atoms with Gasteiger partial charge in [0.05, 0.1) is 11.3 Å². The minimum atomic E-state index is -1.07. The number of benzene rings is 1. The minimum absolute atomic E-state index is 0.0257. The van der Waals surface area contributed by atoms with E-state index in [1.54, 1.807) is 6.07 Å². The van der Waals surface area contributed by atoms with Gasteiger partial charge in [0.2, 0.25) is 5.91 Å². The predicted molar refractivity (Wildman–Crippen MR) is 69.1 cm³/mol. The summed E-state index contributed by atoms with van der Waals surface area (Å²) >= 11 is 0. The second-order valence-electron chi connectivity index (χ2n) is 4.78. The van der Waals surface area contributed by atoms with Crippen LogP contribution in [-0.4, -0.2) is 27.9 Å². The molecule has 0 heterocycles. The summed E-state index contributed by atoms with van der Waals surface area (Å²) < 4.78 is 0. The maximum Gasteiger partial charge on any atom is 0.326 e.